The molecule has 1 amide bonds. The van der Waals surface area contributed by atoms with E-state index in [4.69, 9.17) is 0 Å². The molecule has 1 heterocycles. The first-order valence-corrected chi connectivity index (χ1v) is 9.04. The smallest absolute Gasteiger partial charge is 0.307 e. The largest absolute Gasteiger partial charge is 0.481 e. The Kier molecular flexibility index (Phi) is 5.54. The van der Waals surface area contributed by atoms with Crippen molar-refractivity contribution in [2.75, 3.05) is 4.90 Å². The van der Waals surface area contributed by atoms with E-state index >= 15 is 0 Å². The average molecular weight is 365 g/mol. The molecular formula is C21H23N3O3. The highest BCUT2D eigenvalue weighted by Gasteiger charge is 2.21. The van der Waals surface area contributed by atoms with Gasteiger partial charge in [0.05, 0.1) is 29.7 Å². The molecule has 0 aliphatic rings. The number of aliphatic carboxylic acids is 1. The quantitative estimate of drug-likeness (QED) is 0.668. The number of aromatic nitrogens is 2. The summed E-state index contributed by atoms with van der Waals surface area (Å²) in [4.78, 5) is 33.4. The number of anilines is 1. The highest BCUT2D eigenvalue weighted by Crippen LogP contribution is 2.30. The SMILES string of the molecule is CCCc1nc2c(CC(=O)O)c(N(Cc3ccccc3)C(C)=O)ccc2[nH]1. The lowest BCUT2D eigenvalue weighted by Crippen LogP contribution is -2.29. The monoisotopic (exact) mass is 365 g/mol. The number of carbonyl (C=O) groups is 2. The molecule has 0 saturated heterocycles. The molecule has 0 aliphatic heterocycles. The summed E-state index contributed by atoms with van der Waals surface area (Å²) in [5, 5.41) is 9.43. The van der Waals surface area contributed by atoms with Gasteiger partial charge in [-0.15, -0.1) is 0 Å². The van der Waals surface area contributed by atoms with Crippen molar-refractivity contribution in [3.05, 3.63) is 59.4 Å². The van der Waals surface area contributed by atoms with E-state index in [1.807, 2.05) is 36.4 Å². The molecule has 140 valence electrons. The van der Waals surface area contributed by atoms with Gasteiger partial charge < -0.3 is 15.0 Å². The number of nitrogens with one attached hydrogen (secondary N) is 1. The van der Waals surface area contributed by atoms with Crippen LogP contribution >= 0.6 is 0 Å². The van der Waals surface area contributed by atoms with Crippen molar-refractivity contribution in [3.63, 3.8) is 0 Å². The van der Waals surface area contributed by atoms with Gasteiger partial charge in [-0.3, -0.25) is 9.59 Å². The van der Waals surface area contributed by atoms with E-state index in [0.717, 1.165) is 29.7 Å². The fourth-order valence-electron chi connectivity index (χ4n) is 3.24. The van der Waals surface area contributed by atoms with Gasteiger partial charge in [0.25, 0.3) is 0 Å². The first-order valence-electron chi connectivity index (χ1n) is 9.04. The van der Waals surface area contributed by atoms with Crippen molar-refractivity contribution in [2.45, 2.75) is 39.7 Å². The van der Waals surface area contributed by atoms with Crippen LogP contribution in [0.3, 0.4) is 0 Å². The van der Waals surface area contributed by atoms with Gasteiger partial charge in [0.2, 0.25) is 5.91 Å². The zero-order chi connectivity index (χ0) is 19.4. The third-order valence-corrected chi connectivity index (χ3v) is 4.45. The van der Waals surface area contributed by atoms with Crippen LogP contribution in [-0.4, -0.2) is 27.0 Å². The lowest BCUT2D eigenvalue weighted by molar-refractivity contribution is -0.136. The number of benzene rings is 2. The normalized spacial score (nSPS) is 10.9. The number of carboxylic acid groups (broad SMARTS) is 1. The van der Waals surface area contributed by atoms with Crippen LogP contribution in [0.1, 0.15) is 37.2 Å². The Bertz CT molecular complexity index is 963. The number of hydrogen-bond donors (Lipinski definition) is 2. The third-order valence-electron chi connectivity index (χ3n) is 4.45. The fraction of sp³-hybridized carbons (Fsp3) is 0.286. The molecule has 0 radical (unpaired) electrons. The first-order chi connectivity index (χ1) is 13.0. The second kappa shape index (κ2) is 8.03. The van der Waals surface area contributed by atoms with Crippen molar-refractivity contribution in [3.8, 4) is 0 Å². The molecule has 6 heteroatoms. The standard InChI is InChI=1S/C21H23N3O3/c1-3-7-19-22-17-10-11-18(16(12-20(26)27)21(17)23-19)24(14(2)25)13-15-8-5-4-6-9-15/h4-6,8-11H,3,7,12-13H2,1-2H3,(H,22,23)(H,26,27). The van der Waals surface area contributed by atoms with E-state index in [9.17, 15) is 14.7 Å². The van der Waals surface area contributed by atoms with Crippen molar-refractivity contribution in [1.29, 1.82) is 0 Å². The number of carbonyl (C=O) groups excluding carboxylic acids is 1. The third kappa shape index (κ3) is 4.16. The Morgan fingerprint density at radius 2 is 1.89 bits per heavy atom. The summed E-state index contributed by atoms with van der Waals surface area (Å²) in [6.45, 7) is 3.93. The van der Waals surface area contributed by atoms with Gasteiger partial charge in [0, 0.05) is 18.9 Å². The average Bonchev–Trinajstić information content (AvgIpc) is 3.04. The molecule has 0 spiro atoms. The second-order valence-electron chi connectivity index (χ2n) is 6.55. The Morgan fingerprint density at radius 1 is 1.15 bits per heavy atom. The molecule has 6 nitrogen and oxygen atoms in total. The molecule has 0 bridgehead atoms. The minimum atomic E-state index is -0.952. The molecule has 27 heavy (non-hydrogen) atoms. The maximum atomic E-state index is 12.4. The number of carboxylic acids is 1. The van der Waals surface area contributed by atoms with Crippen LogP contribution in [0, 0.1) is 0 Å². The Morgan fingerprint density at radius 3 is 2.52 bits per heavy atom. The highest BCUT2D eigenvalue weighted by atomic mass is 16.4. The molecule has 2 N–H and O–H groups in total. The Hall–Kier alpha value is -3.15. The van der Waals surface area contributed by atoms with Gasteiger partial charge in [-0.25, -0.2) is 4.98 Å². The number of nitrogens with zero attached hydrogens (tertiary/aromatic N) is 2. The predicted octanol–water partition coefficient (Wildman–Crippen LogP) is 3.70. The van der Waals surface area contributed by atoms with Gasteiger partial charge >= 0.3 is 5.97 Å². The van der Waals surface area contributed by atoms with Gasteiger partial charge in [-0.05, 0) is 24.1 Å². The summed E-state index contributed by atoms with van der Waals surface area (Å²) in [5.41, 5.74) is 3.54. The number of imidazole rings is 1. The van der Waals surface area contributed by atoms with E-state index in [1.54, 1.807) is 11.0 Å². The van der Waals surface area contributed by atoms with Crippen LogP contribution in [0.15, 0.2) is 42.5 Å². The minimum Gasteiger partial charge on any atom is -0.481 e. The molecule has 0 atom stereocenters. The number of rotatable bonds is 7. The minimum absolute atomic E-state index is 0.144. The van der Waals surface area contributed by atoms with E-state index < -0.39 is 5.97 Å². The lowest BCUT2D eigenvalue weighted by atomic mass is 10.1. The Balaban J connectivity index is 2.11. The summed E-state index contributed by atoms with van der Waals surface area (Å²) in [7, 11) is 0. The molecule has 0 fully saturated rings. The van der Waals surface area contributed by atoms with Crippen LogP contribution in [-0.2, 0) is 29.0 Å². The van der Waals surface area contributed by atoms with Gasteiger partial charge in [-0.1, -0.05) is 37.3 Å². The number of hydrogen-bond acceptors (Lipinski definition) is 3. The number of aromatic amines is 1. The second-order valence-corrected chi connectivity index (χ2v) is 6.55. The fourth-order valence-corrected chi connectivity index (χ4v) is 3.24. The molecule has 3 aromatic rings. The maximum absolute atomic E-state index is 12.4. The van der Waals surface area contributed by atoms with Crippen molar-refractivity contribution < 1.29 is 14.7 Å². The van der Waals surface area contributed by atoms with E-state index in [1.165, 1.54) is 6.92 Å². The van der Waals surface area contributed by atoms with Crippen molar-refractivity contribution >= 4 is 28.6 Å². The van der Waals surface area contributed by atoms with Crippen LogP contribution in [0.25, 0.3) is 11.0 Å². The van der Waals surface area contributed by atoms with Gasteiger partial charge in [-0.2, -0.15) is 0 Å². The topological polar surface area (TPSA) is 86.3 Å². The zero-order valence-electron chi connectivity index (χ0n) is 15.5. The van der Waals surface area contributed by atoms with Gasteiger partial charge in [0.15, 0.2) is 0 Å². The molecule has 0 aliphatic carbocycles. The number of aryl methyl sites for hydroxylation is 1. The van der Waals surface area contributed by atoms with Crippen LogP contribution < -0.4 is 4.90 Å². The van der Waals surface area contributed by atoms with E-state index in [-0.39, 0.29) is 12.3 Å². The summed E-state index contributed by atoms with van der Waals surface area (Å²) in [6, 6.07) is 13.3. The molecule has 0 unspecified atom stereocenters. The van der Waals surface area contributed by atoms with Crippen molar-refractivity contribution in [1.82, 2.24) is 9.97 Å². The maximum Gasteiger partial charge on any atom is 0.307 e. The van der Waals surface area contributed by atoms with Crippen molar-refractivity contribution in [2.24, 2.45) is 0 Å². The van der Waals surface area contributed by atoms with Gasteiger partial charge in [0.1, 0.15) is 5.82 Å². The molecular weight excluding hydrogens is 342 g/mol. The number of amides is 1. The number of fused-ring (bicyclic) bond motifs is 1. The van der Waals surface area contributed by atoms with Crippen LogP contribution in [0.5, 0.6) is 0 Å². The highest BCUT2D eigenvalue weighted by molar-refractivity contribution is 5.97. The zero-order valence-corrected chi connectivity index (χ0v) is 15.5. The van der Waals surface area contributed by atoms with E-state index in [2.05, 4.69) is 16.9 Å². The summed E-state index contributed by atoms with van der Waals surface area (Å²) < 4.78 is 0. The molecule has 2 aromatic carbocycles. The summed E-state index contributed by atoms with van der Waals surface area (Å²) in [5.74, 6) is -0.269. The van der Waals surface area contributed by atoms with Crippen LogP contribution in [0.2, 0.25) is 0 Å². The lowest BCUT2D eigenvalue weighted by Gasteiger charge is -2.24. The van der Waals surface area contributed by atoms with Crippen LogP contribution in [0.4, 0.5) is 5.69 Å². The first kappa shape index (κ1) is 18.6. The predicted molar refractivity (Wildman–Crippen MR) is 105 cm³/mol. The summed E-state index contributed by atoms with van der Waals surface area (Å²) in [6.07, 6.45) is 1.53. The Labute approximate surface area is 157 Å². The van der Waals surface area contributed by atoms with E-state index in [0.29, 0.717) is 23.3 Å². The molecule has 1 aromatic heterocycles. The molecule has 3 rings (SSSR count). The number of H-pyrrole nitrogens is 1. The molecule has 0 saturated carbocycles. The summed E-state index contributed by atoms with van der Waals surface area (Å²) >= 11 is 0.